The van der Waals surface area contributed by atoms with Crippen molar-refractivity contribution in [3.63, 3.8) is 0 Å². The number of aliphatic hydroxyl groups is 1. The summed E-state index contributed by atoms with van der Waals surface area (Å²) in [5, 5.41) is 16.9. The Labute approximate surface area is 132 Å². The zero-order chi connectivity index (χ0) is 15.8. The van der Waals surface area contributed by atoms with Crippen molar-refractivity contribution in [1.82, 2.24) is 10.6 Å². The van der Waals surface area contributed by atoms with Crippen molar-refractivity contribution >= 4 is 5.96 Å². The number of aliphatic imine (C=N–C) groups is 1. The molecule has 5 heteroatoms. The molecule has 0 aromatic heterocycles. The number of rotatable bonds is 6. The Morgan fingerprint density at radius 3 is 2.50 bits per heavy atom. The monoisotopic (exact) mass is 305 g/mol. The van der Waals surface area contributed by atoms with E-state index in [0.717, 1.165) is 49.5 Å². The molecule has 2 rings (SSSR count). The van der Waals surface area contributed by atoms with E-state index >= 15 is 0 Å². The summed E-state index contributed by atoms with van der Waals surface area (Å²) in [6.07, 6.45) is 3.96. The molecule has 0 saturated heterocycles. The molecule has 0 spiro atoms. The van der Waals surface area contributed by atoms with Gasteiger partial charge in [-0.25, -0.2) is 4.99 Å². The van der Waals surface area contributed by atoms with Gasteiger partial charge in [-0.05, 0) is 37.5 Å². The van der Waals surface area contributed by atoms with Crippen molar-refractivity contribution in [2.24, 2.45) is 4.99 Å². The SMILES string of the molecule is CCNC(=NCc1ccc(OC)cc1)NCC1(O)CCCC1. The van der Waals surface area contributed by atoms with E-state index in [2.05, 4.69) is 15.6 Å². The van der Waals surface area contributed by atoms with Gasteiger partial charge in [0, 0.05) is 13.1 Å². The van der Waals surface area contributed by atoms with Crippen LogP contribution in [0.5, 0.6) is 5.75 Å². The highest BCUT2D eigenvalue weighted by Crippen LogP contribution is 2.28. The lowest BCUT2D eigenvalue weighted by Crippen LogP contribution is -2.46. The number of guanidine groups is 1. The molecule has 0 amide bonds. The predicted octanol–water partition coefficient (Wildman–Crippen LogP) is 2.06. The standard InChI is InChI=1S/C17H27N3O2/c1-3-18-16(20-13-17(21)10-4-5-11-17)19-12-14-6-8-15(22-2)9-7-14/h6-9,21H,3-5,10-13H2,1-2H3,(H2,18,19,20). The Kier molecular flexibility index (Phi) is 6.07. The second-order valence-electron chi connectivity index (χ2n) is 5.83. The van der Waals surface area contributed by atoms with E-state index in [1.807, 2.05) is 31.2 Å². The first-order valence-corrected chi connectivity index (χ1v) is 8.03. The quantitative estimate of drug-likeness (QED) is 0.556. The summed E-state index contributed by atoms with van der Waals surface area (Å²) < 4.78 is 5.15. The predicted molar refractivity (Wildman–Crippen MR) is 89.2 cm³/mol. The summed E-state index contributed by atoms with van der Waals surface area (Å²) in [7, 11) is 1.66. The molecule has 1 aromatic rings. The topological polar surface area (TPSA) is 65.9 Å². The van der Waals surface area contributed by atoms with Crippen LogP contribution < -0.4 is 15.4 Å². The summed E-state index contributed by atoms with van der Waals surface area (Å²) in [6, 6.07) is 7.89. The lowest BCUT2D eigenvalue weighted by atomic mass is 10.0. The summed E-state index contributed by atoms with van der Waals surface area (Å²) in [5.74, 6) is 1.60. The summed E-state index contributed by atoms with van der Waals surface area (Å²) in [5.41, 5.74) is 0.550. The lowest BCUT2D eigenvalue weighted by Gasteiger charge is -2.23. The molecule has 5 nitrogen and oxygen atoms in total. The molecule has 0 bridgehead atoms. The Morgan fingerprint density at radius 1 is 1.23 bits per heavy atom. The maximum atomic E-state index is 10.4. The van der Waals surface area contributed by atoms with Gasteiger partial charge in [-0.1, -0.05) is 25.0 Å². The fraction of sp³-hybridized carbons (Fsp3) is 0.588. The molecule has 1 saturated carbocycles. The van der Waals surface area contributed by atoms with Crippen molar-refractivity contribution in [3.05, 3.63) is 29.8 Å². The van der Waals surface area contributed by atoms with Crippen LogP contribution in [0, 0.1) is 0 Å². The van der Waals surface area contributed by atoms with Gasteiger partial charge in [-0.15, -0.1) is 0 Å². The van der Waals surface area contributed by atoms with Crippen molar-refractivity contribution in [1.29, 1.82) is 0 Å². The van der Waals surface area contributed by atoms with Crippen LogP contribution in [0.4, 0.5) is 0 Å². The molecule has 22 heavy (non-hydrogen) atoms. The van der Waals surface area contributed by atoms with Crippen LogP contribution >= 0.6 is 0 Å². The molecule has 1 fully saturated rings. The first-order chi connectivity index (χ1) is 10.6. The van der Waals surface area contributed by atoms with Crippen LogP contribution in [0.3, 0.4) is 0 Å². The Bertz CT molecular complexity index is 479. The first kappa shape index (κ1) is 16.6. The molecule has 1 aliphatic carbocycles. The molecule has 122 valence electrons. The van der Waals surface area contributed by atoms with Crippen LogP contribution in [0.1, 0.15) is 38.2 Å². The molecule has 0 atom stereocenters. The number of hydrogen-bond donors (Lipinski definition) is 3. The second kappa shape index (κ2) is 8.03. The van der Waals surface area contributed by atoms with Crippen LogP contribution in [0.2, 0.25) is 0 Å². The highest BCUT2D eigenvalue weighted by Gasteiger charge is 2.30. The number of methoxy groups -OCH3 is 1. The van der Waals surface area contributed by atoms with Crippen LogP contribution in [0.25, 0.3) is 0 Å². The first-order valence-electron chi connectivity index (χ1n) is 8.03. The molecular formula is C17H27N3O2. The molecular weight excluding hydrogens is 278 g/mol. The number of ether oxygens (including phenoxy) is 1. The van der Waals surface area contributed by atoms with E-state index in [-0.39, 0.29) is 0 Å². The van der Waals surface area contributed by atoms with Gasteiger partial charge in [0.1, 0.15) is 5.75 Å². The van der Waals surface area contributed by atoms with Crippen LogP contribution in [-0.4, -0.2) is 36.9 Å². The third kappa shape index (κ3) is 4.91. The molecule has 3 N–H and O–H groups in total. The van der Waals surface area contributed by atoms with E-state index in [0.29, 0.717) is 13.1 Å². The normalized spacial score (nSPS) is 17.3. The van der Waals surface area contributed by atoms with E-state index in [9.17, 15) is 5.11 Å². The van der Waals surface area contributed by atoms with Crippen LogP contribution in [-0.2, 0) is 6.54 Å². The van der Waals surface area contributed by atoms with Crippen molar-refractivity contribution in [3.8, 4) is 5.75 Å². The maximum absolute atomic E-state index is 10.4. The van der Waals surface area contributed by atoms with E-state index in [4.69, 9.17) is 4.74 Å². The maximum Gasteiger partial charge on any atom is 0.191 e. The summed E-state index contributed by atoms with van der Waals surface area (Å²) in [6.45, 7) is 3.99. The summed E-state index contributed by atoms with van der Waals surface area (Å²) >= 11 is 0. The number of benzene rings is 1. The van der Waals surface area contributed by atoms with Crippen molar-refractivity contribution in [2.45, 2.75) is 44.8 Å². The van der Waals surface area contributed by atoms with Crippen molar-refractivity contribution < 1.29 is 9.84 Å². The molecule has 0 unspecified atom stereocenters. The molecule has 0 radical (unpaired) electrons. The van der Waals surface area contributed by atoms with Gasteiger partial charge in [0.15, 0.2) is 5.96 Å². The van der Waals surface area contributed by atoms with Gasteiger partial charge in [-0.3, -0.25) is 0 Å². The van der Waals surface area contributed by atoms with Gasteiger partial charge in [0.05, 0.1) is 19.3 Å². The minimum Gasteiger partial charge on any atom is -0.497 e. The van der Waals surface area contributed by atoms with E-state index < -0.39 is 5.60 Å². The van der Waals surface area contributed by atoms with Gasteiger partial charge < -0.3 is 20.5 Å². The third-order valence-corrected chi connectivity index (χ3v) is 4.04. The third-order valence-electron chi connectivity index (χ3n) is 4.04. The Balaban J connectivity index is 1.90. The average molecular weight is 305 g/mol. The zero-order valence-corrected chi connectivity index (χ0v) is 13.6. The largest absolute Gasteiger partial charge is 0.497 e. The van der Waals surface area contributed by atoms with Gasteiger partial charge in [-0.2, -0.15) is 0 Å². The fourth-order valence-electron chi connectivity index (χ4n) is 2.70. The average Bonchev–Trinajstić information content (AvgIpc) is 2.98. The number of nitrogens with one attached hydrogen (secondary N) is 2. The van der Waals surface area contributed by atoms with Gasteiger partial charge >= 0.3 is 0 Å². The minimum absolute atomic E-state index is 0.557. The zero-order valence-electron chi connectivity index (χ0n) is 13.6. The highest BCUT2D eigenvalue weighted by atomic mass is 16.5. The van der Waals surface area contributed by atoms with Crippen LogP contribution in [0.15, 0.2) is 29.3 Å². The number of nitrogens with zero attached hydrogens (tertiary/aromatic N) is 1. The smallest absolute Gasteiger partial charge is 0.191 e. The molecule has 1 aliphatic rings. The van der Waals surface area contributed by atoms with E-state index in [1.165, 1.54) is 0 Å². The lowest BCUT2D eigenvalue weighted by molar-refractivity contribution is 0.0522. The van der Waals surface area contributed by atoms with Gasteiger partial charge in [0.25, 0.3) is 0 Å². The molecule has 0 aliphatic heterocycles. The summed E-state index contributed by atoms with van der Waals surface area (Å²) in [4.78, 5) is 4.57. The Morgan fingerprint density at radius 2 is 1.91 bits per heavy atom. The van der Waals surface area contributed by atoms with Gasteiger partial charge in [0.2, 0.25) is 0 Å². The minimum atomic E-state index is -0.573. The number of hydrogen-bond acceptors (Lipinski definition) is 3. The molecule has 1 aromatic carbocycles. The fourth-order valence-corrected chi connectivity index (χ4v) is 2.70. The Hall–Kier alpha value is -1.75. The molecule has 0 heterocycles. The van der Waals surface area contributed by atoms with Crippen molar-refractivity contribution in [2.75, 3.05) is 20.2 Å². The second-order valence-corrected chi connectivity index (χ2v) is 5.83. The highest BCUT2D eigenvalue weighted by molar-refractivity contribution is 5.79. The van der Waals surface area contributed by atoms with E-state index in [1.54, 1.807) is 7.11 Å².